The summed E-state index contributed by atoms with van der Waals surface area (Å²) in [5, 5.41) is 21.7. The number of nitrogens with one attached hydrogen (secondary N) is 1. The molecule has 2 rings (SSSR count). The Morgan fingerprint density at radius 2 is 2.05 bits per heavy atom. The van der Waals surface area contributed by atoms with Gasteiger partial charge in [-0.2, -0.15) is 0 Å². The fourth-order valence-electron chi connectivity index (χ4n) is 2.42. The second kappa shape index (κ2) is 6.15. The first-order valence-electron chi connectivity index (χ1n) is 6.52. The first kappa shape index (κ1) is 14.0. The number of amides is 1. The normalized spacial score (nSPS) is 23.0. The van der Waals surface area contributed by atoms with Crippen LogP contribution >= 0.6 is 11.6 Å². The van der Waals surface area contributed by atoms with Gasteiger partial charge in [-0.1, -0.05) is 12.8 Å². The second-order valence-corrected chi connectivity index (χ2v) is 5.53. The summed E-state index contributed by atoms with van der Waals surface area (Å²) in [5.74, 6) is -0.337. The molecule has 0 saturated heterocycles. The van der Waals surface area contributed by atoms with Crippen LogP contribution in [0.3, 0.4) is 0 Å². The Labute approximate surface area is 117 Å². The van der Waals surface area contributed by atoms with Crippen molar-refractivity contribution in [1.29, 1.82) is 0 Å². The van der Waals surface area contributed by atoms with Crippen molar-refractivity contribution in [2.45, 2.75) is 31.1 Å². The molecule has 1 fully saturated rings. The average molecular weight is 284 g/mol. The minimum Gasteiger partial charge on any atom is -0.508 e. The lowest BCUT2D eigenvalue weighted by Crippen LogP contribution is -2.34. The van der Waals surface area contributed by atoms with Gasteiger partial charge >= 0.3 is 0 Å². The van der Waals surface area contributed by atoms with Gasteiger partial charge in [-0.25, -0.2) is 0 Å². The lowest BCUT2D eigenvalue weighted by Gasteiger charge is -2.27. The molecule has 1 amide bonds. The van der Waals surface area contributed by atoms with Crippen LogP contribution in [0.2, 0.25) is 0 Å². The van der Waals surface area contributed by atoms with Crippen molar-refractivity contribution in [2.75, 3.05) is 6.54 Å². The van der Waals surface area contributed by atoms with Crippen LogP contribution in [0.1, 0.15) is 36.0 Å². The van der Waals surface area contributed by atoms with Gasteiger partial charge in [-0.15, -0.1) is 11.6 Å². The number of carbonyl (C=O) groups excluding carboxylic acids is 1. The van der Waals surface area contributed by atoms with Crippen molar-refractivity contribution < 1.29 is 15.0 Å². The number of hydrogen-bond donors (Lipinski definition) is 3. The Bertz CT molecular complexity index is 464. The molecule has 19 heavy (non-hydrogen) atoms. The van der Waals surface area contributed by atoms with E-state index in [2.05, 4.69) is 5.32 Å². The van der Waals surface area contributed by atoms with Gasteiger partial charge in [-0.3, -0.25) is 4.79 Å². The molecular formula is C14H18ClNO3. The molecule has 104 valence electrons. The molecule has 0 radical (unpaired) electrons. The van der Waals surface area contributed by atoms with Crippen LogP contribution in [-0.2, 0) is 0 Å². The van der Waals surface area contributed by atoms with E-state index in [4.69, 9.17) is 11.6 Å². The monoisotopic (exact) mass is 283 g/mol. The van der Waals surface area contributed by atoms with E-state index >= 15 is 0 Å². The minimum atomic E-state index is -0.341. The van der Waals surface area contributed by atoms with Crippen molar-refractivity contribution >= 4 is 17.5 Å². The molecule has 0 spiro atoms. The van der Waals surface area contributed by atoms with Crippen LogP contribution in [-0.4, -0.2) is 28.0 Å². The maximum Gasteiger partial charge on any atom is 0.255 e. The van der Waals surface area contributed by atoms with Gasteiger partial charge in [-0.05, 0) is 30.9 Å². The second-order valence-electron chi connectivity index (χ2n) is 4.97. The van der Waals surface area contributed by atoms with Gasteiger partial charge in [0.25, 0.3) is 5.91 Å². The number of halogens is 1. The number of carbonyl (C=O) groups is 1. The molecule has 3 N–H and O–H groups in total. The SMILES string of the molecule is O=C(NCC1CCCCC1Cl)c1ccc(O)cc1O. The maximum absolute atomic E-state index is 11.9. The van der Waals surface area contributed by atoms with Crippen LogP contribution in [0.5, 0.6) is 11.5 Å². The fraction of sp³-hybridized carbons (Fsp3) is 0.500. The molecule has 1 saturated carbocycles. The quantitative estimate of drug-likeness (QED) is 0.747. The Kier molecular flexibility index (Phi) is 4.53. The fourth-order valence-corrected chi connectivity index (χ4v) is 2.79. The summed E-state index contributed by atoms with van der Waals surface area (Å²) >= 11 is 6.23. The highest BCUT2D eigenvalue weighted by Crippen LogP contribution is 2.28. The number of aromatic hydroxyl groups is 2. The lowest BCUT2D eigenvalue weighted by atomic mass is 9.88. The molecule has 4 nitrogen and oxygen atoms in total. The Morgan fingerprint density at radius 1 is 1.32 bits per heavy atom. The van der Waals surface area contributed by atoms with Crippen molar-refractivity contribution in [3.05, 3.63) is 23.8 Å². The van der Waals surface area contributed by atoms with Gasteiger partial charge in [0.1, 0.15) is 11.5 Å². The number of phenolic OH excluding ortho intramolecular Hbond substituents is 2. The predicted octanol–water partition coefficient (Wildman–Crippen LogP) is 2.63. The van der Waals surface area contributed by atoms with Crippen LogP contribution < -0.4 is 5.32 Å². The van der Waals surface area contributed by atoms with Crippen LogP contribution in [0, 0.1) is 5.92 Å². The summed E-state index contributed by atoms with van der Waals surface area (Å²) < 4.78 is 0. The molecule has 1 aromatic rings. The Balaban J connectivity index is 1.93. The number of hydrogen-bond acceptors (Lipinski definition) is 3. The van der Waals surface area contributed by atoms with Gasteiger partial charge in [0.05, 0.1) is 5.56 Å². The maximum atomic E-state index is 11.9. The summed E-state index contributed by atoms with van der Waals surface area (Å²) in [5.41, 5.74) is 0.166. The van der Waals surface area contributed by atoms with E-state index in [-0.39, 0.29) is 28.3 Å². The zero-order chi connectivity index (χ0) is 13.8. The van der Waals surface area contributed by atoms with Crippen molar-refractivity contribution in [2.24, 2.45) is 5.92 Å². The van der Waals surface area contributed by atoms with Crippen molar-refractivity contribution in [3.63, 3.8) is 0 Å². The standard InChI is InChI=1S/C14H18ClNO3/c15-12-4-2-1-3-9(12)8-16-14(19)11-6-5-10(17)7-13(11)18/h5-7,9,12,17-18H,1-4,8H2,(H,16,19). The average Bonchev–Trinajstić information content (AvgIpc) is 2.37. The summed E-state index contributed by atoms with van der Waals surface area (Å²) in [6.45, 7) is 0.521. The lowest BCUT2D eigenvalue weighted by molar-refractivity contribution is 0.0941. The summed E-state index contributed by atoms with van der Waals surface area (Å²) in [6, 6.07) is 3.93. The Hall–Kier alpha value is -1.42. The van der Waals surface area contributed by atoms with Gasteiger partial charge in [0.2, 0.25) is 0 Å². The predicted molar refractivity (Wildman–Crippen MR) is 73.7 cm³/mol. The minimum absolute atomic E-state index is 0.0675. The number of alkyl halides is 1. The molecule has 2 unspecified atom stereocenters. The number of benzene rings is 1. The number of rotatable bonds is 3. The molecular weight excluding hydrogens is 266 g/mol. The third-order valence-corrected chi connectivity index (χ3v) is 4.14. The summed E-state index contributed by atoms with van der Waals surface area (Å²) in [4.78, 5) is 11.9. The van der Waals surface area contributed by atoms with E-state index in [1.54, 1.807) is 0 Å². The van der Waals surface area contributed by atoms with Crippen molar-refractivity contribution in [3.8, 4) is 11.5 Å². The highest BCUT2D eigenvalue weighted by atomic mass is 35.5. The Morgan fingerprint density at radius 3 is 2.74 bits per heavy atom. The third kappa shape index (κ3) is 3.53. The van der Waals surface area contributed by atoms with Crippen molar-refractivity contribution in [1.82, 2.24) is 5.32 Å². The topological polar surface area (TPSA) is 69.6 Å². The summed E-state index contributed by atoms with van der Waals surface area (Å²) in [6.07, 6.45) is 4.31. The van der Waals surface area contributed by atoms with Crippen LogP contribution in [0.25, 0.3) is 0 Å². The molecule has 0 aromatic heterocycles. The molecule has 0 heterocycles. The molecule has 1 aliphatic carbocycles. The molecule has 1 aromatic carbocycles. The number of phenols is 2. The highest BCUT2D eigenvalue weighted by Gasteiger charge is 2.24. The largest absolute Gasteiger partial charge is 0.508 e. The van der Waals surface area contributed by atoms with E-state index in [1.807, 2.05) is 0 Å². The smallest absolute Gasteiger partial charge is 0.255 e. The van der Waals surface area contributed by atoms with Crippen LogP contribution in [0.15, 0.2) is 18.2 Å². The van der Waals surface area contributed by atoms with Crippen LogP contribution in [0.4, 0.5) is 0 Å². The van der Waals surface area contributed by atoms with E-state index in [0.29, 0.717) is 12.5 Å². The first-order valence-corrected chi connectivity index (χ1v) is 6.96. The molecule has 0 bridgehead atoms. The van der Waals surface area contributed by atoms with Gasteiger partial charge < -0.3 is 15.5 Å². The summed E-state index contributed by atoms with van der Waals surface area (Å²) in [7, 11) is 0. The highest BCUT2D eigenvalue weighted by molar-refractivity contribution is 6.20. The van der Waals surface area contributed by atoms with E-state index in [0.717, 1.165) is 31.7 Å². The molecule has 2 atom stereocenters. The van der Waals surface area contributed by atoms with E-state index in [9.17, 15) is 15.0 Å². The third-order valence-electron chi connectivity index (χ3n) is 3.57. The van der Waals surface area contributed by atoms with E-state index in [1.165, 1.54) is 12.1 Å². The molecule has 0 aliphatic heterocycles. The van der Waals surface area contributed by atoms with E-state index < -0.39 is 0 Å². The molecule has 1 aliphatic rings. The van der Waals surface area contributed by atoms with Gasteiger partial charge in [0.15, 0.2) is 0 Å². The van der Waals surface area contributed by atoms with Gasteiger partial charge in [0, 0.05) is 18.0 Å². The zero-order valence-corrected chi connectivity index (χ0v) is 11.4. The molecule has 5 heteroatoms. The first-order chi connectivity index (χ1) is 9.08. The zero-order valence-electron chi connectivity index (χ0n) is 10.6.